The Kier molecular flexibility index (Phi) is 2.69. The van der Waals surface area contributed by atoms with Crippen LogP contribution in [-0.4, -0.2) is 14.9 Å². The van der Waals surface area contributed by atoms with Gasteiger partial charge in [-0.3, -0.25) is 0 Å². The molecule has 0 aliphatic heterocycles. The molecule has 0 amide bonds. The number of nitrogens with zero attached hydrogens (tertiary/aromatic N) is 2. The fourth-order valence-electron chi connectivity index (χ4n) is 2.06. The molecule has 3 nitrogen and oxygen atoms in total. The zero-order valence-corrected chi connectivity index (χ0v) is 9.86. The van der Waals surface area contributed by atoms with Crippen molar-refractivity contribution >= 4 is 0 Å². The first-order valence-electron chi connectivity index (χ1n) is 5.48. The molecule has 84 valence electrons. The normalized spacial score (nSPS) is 10.7. The van der Waals surface area contributed by atoms with E-state index in [0.29, 0.717) is 0 Å². The molecule has 0 radical (unpaired) electrons. The van der Waals surface area contributed by atoms with Crippen LogP contribution in [0, 0.1) is 13.8 Å². The molecular formula is C13H16N2O. The van der Waals surface area contributed by atoms with Crippen molar-refractivity contribution in [1.82, 2.24) is 9.78 Å². The molecule has 0 aliphatic rings. The van der Waals surface area contributed by atoms with Gasteiger partial charge in [0, 0.05) is 11.8 Å². The van der Waals surface area contributed by atoms with Crippen LogP contribution >= 0.6 is 0 Å². The van der Waals surface area contributed by atoms with E-state index >= 15 is 0 Å². The first-order valence-corrected chi connectivity index (χ1v) is 5.48. The Balaban J connectivity index is 2.56. The average molecular weight is 216 g/mol. The number of phenols is 1. The third kappa shape index (κ3) is 1.69. The summed E-state index contributed by atoms with van der Waals surface area (Å²) in [5, 5.41) is 14.0. The number of hydrogen-bond donors (Lipinski definition) is 1. The summed E-state index contributed by atoms with van der Waals surface area (Å²) in [5.41, 5.74) is 4.39. The maximum absolute atomic E-state index is 9.46. The van der Waals surface area contributed by atoms with Gasteiger partial charge in [-0.1, -0.05) is 13.0 Å². The molecule has 0 unspecified atom stereocenters. The number of aromatic nitrogens is 2. The van der Waals surface area contributed by atoms with E-state index in [4.69, 9.17) is 0 Å². The Labute approximate surface area is 95.3 Å². The monoisotopic (exact) mass is 216 g/mol. The smallest absolute Gasteiger partial charge is 0.117 e. The van der Waals surface area contributed by atoms with Gasteiger partial charge < -0.3 is 5.11 Å². The fourth-order valence-corrected chi connectivity index (χ4v) is 2.06. The molecule has 0 spiro atoms. The maximum Gasteiger partial charge on any atom is 0.117 e. The minimum atomic E-state index is 0.267. The van der Waals surface area contributed by atoms with Gasteiger partial charge in [0.25, 0.3) is 0 Å². The molecular weight excluding hydrogens is 200 g/mol. The Morgan fingerprint density at radius 1 is 1.31 bits per heavy atom. The molecule has 0 saturated carbocycles. The quantitative estimate of drug-likeness (QED) is 0.838. The third-order valence-electron chi connectivity index (χ3n) is 2.87. The van der Waals surface area contributed by atoms with E-state index in [9.17, 15) is 5.11 Å². The second-order valence-corrected chi connectivity index (χ2v) is 3.93. The highest BCUT2D eigenvalue weighted by Crippen LogP contribution is 2.20. The van der Waals surface area contributed by atoms with Crippen LogP contribution in [0.4, 0.5) is 0 Å². The van der Waals surface area contributed by atoms with Gasteiger partial charge in [-0.25, -0.2) is 4.68 Å². The predicted molar refractivity (Wildman–Crippen MR) is 64.1 cm³/mol. The van der Waals surface area contributed by atoms with Crippen molar-refractivity contribution in [1.29, 1.82) is 0 Å². The molecule has 0 atom stereocenters. The molecule has 2 aromatic rings. The summed E-state index contributed by atoms with van der Waals surface area (Å²) in [6.45, 7) is 6.21. The molecule has 1 heterocycles. The Bertz CT molecular complexity index is 515. The van der Waals surface area contributed by atoms with Gasteiger partial charge in [-0.2, -0.15) is 5.10 Å². The standard InChI is InChI=1S/C13H16N2O/c1-4-13-9(2)14-15(10(13)3)11-6-5-7-12(16)8-11/h5-8,16H,4H2,1-3H3. The molecule has 0 saturated heterocycles. The van der Waals surface area contributed by atoms with E-state index in [1.807, 2.05) is 23.7 Å². The summed E-state index contributed by atoms with van der Waals surface area (Å²) in [6.07, 6.45) is 0.983. The molecule has 0 bridgehead atoms. The first kappa shape index (κ1) is 10.7. The van der Waals surface area contributed by atoms with Gasteiger partial charge in [-0.05, 0) is 38.0 Å². The van der Waals surface area contributed by atoms with Crippen LogP contribution in [0.5, 0.6) is 5.75 Å². The number of aromatic hydroxyl groups is 1. The van der Waals surface area contributed by atoms with Crippen molar-refractivity contribution in [2.24, 2.45) is 0 Å². The molecule has 0 fully saturated rings. The van der Waals surface area contributed by atoms with Gasteiger partial charge in [-0.15, -0.1) is 0 Å². The van der Waals surface area contributed by atoms with Crippen LogP contribution in [0.3, 0.4) is 0 Å². The van der Waals surface area contributed by atoms with Crippen molar-refractivity contribution in [3.05, 3.63) is 41.2 Å². The van der Waals surface area contributed by atoms with Crippen LogP contribution in [0.25, 0.3) is 5.69 Å². The maximum atomic E-state index is 9.46. The van der Waals surface area contributed by atoms with Crippen LogP contribution in [-0.2, 0) is 6.42 Å². The summed E-state index contributed by atoms with van der Waals surface area (Å²) < 4.78 is 1.88. The van der Waals surface area contributed by atoms with Crippen molar-refractivity contribution in [2.75, 3.05) is 0 Å². The van der Waals surface area contributed by atoms with E-state index in [1.165, 1.54) is 5.56 Å². The molecule has 3 heteroatoms. The van der Waals surface area contributed by atoms with Gasteiger partial charge in [0.2, 0.25) is 0 Å². The minimum absolute atomic E-state index is 0.267. The fraction of sp³-hybridized carbons (Fsp3) is 0.308. The Morgan fingerprint density at radius 2 is 2.06 bits per heavy atom. The van der Waals surface area contributed by atoms with Crippen LogP contribution in [0.1, 0.15) is 23.9 Å². The Hall–Kier alpha value is -1.77. The van der Waals surface area contributed by atoms with Crippen molar-refractivity contribution < 1.29 is 5.11 Å². The molecule has 16 heavy (non-hydrogen) atoms. The molecule has 1 aromatic heterocycles. The number of aryl methyl sites for hydroxylation is 1. The lowest BCUT2D eigenvalue weighted by Gasteiger charge is -2.05. The predicted octanol–water partition coefficient (Wildman–Crippen LogP) is 2.76. The van der Waals surface area contributed by atoms with E-state index in [1.54, 1.807) is 12.1 Å². The summed E-state index contributed by atoms with van der Waals surface area (Å²) in [4.78, 5) is 0. The van der Waals surface area contributed by atoms with Crippen LogP contribution < -0.4 is 0 Å². The van der Waals surface area contributed by atoms with Crippen molar-refractivity contribution in [3.63, 3.8) is 0 Å². The molecule has 1 aromatic carbocycles. The van der Waals surface area contributed by atoms with Gasteiger partial charge in [0.05, 0.1) is 11.4 Å². The number of hydrogen-bond acceptors (Lipinski definition) is 2. The molecule has 2 rings (SSSR count). The van der Waals surface area contributed by atoms with Crippen molar-refractivity contribution in [3.8, 4) is 11.4 Å². The topological polar surface area (TPSA) is 38.0 Å². The van der Waals surface area contributed by atoms with Crippen LogP contribution in [0.2, 0.25) is 0 Å². The van der Waals surface area contributed by atoms with Crippen molar-refractivity contribution in [2.45, 2.75) is 27.2 Å². The SMILES string of the molecule is CCc1c(C)nn(-c2cccc(O)c2)c1C. The lowest BCUT2D eigenvalue weighted by atomic mass is 10.1. The van der Waals surface area contributed by atoms with E-state index in [-0.39, 0.29) is 5.75 Å². The number of rotatable bonds is 2. The van der Waals surface area contributed by atoms with E-state index in [0.717, 1.165) is 23.5 Å². The van der Waals surface area contributed by atoms with Gasteiger partial charge >= 0.3 is 0 Å². The highest BCUT2D eigenvalue weighted by atomic mass is 16.3. The van der Waals surface area contributed by atoms with E-state index < -0.39 is 0 Å². The summed E-state index contributed by atoms with van der Waals surface area (Å²) in [5.74, 6) is 0.267. The molecule has 1 N–H and O–H groups in total. The van der Waals surface area contributed by atoms with Crippen LogP contribution in [0.15, 0.2) is 24.3 Å². The zero-order valence-electron chi connectivity index (χ0n) is 9.86. The summed E-state index contributed by atoms with van der Waals surface area (Å²) in [7, 11) is 0. The lowest BCUT2D eigenvalue weighted by Crippen LogP contribution is -1.99. The minimum Gasteiger partial charge on any atom is -0.508 e. The third-order valence-corrected chi connectivity index (χ3v) is 2.87. The highest BCUT2D eigenvalue weighted by Gasteiger charge is 2.10. The first-order chi connectivity index (χ1) is 7.63. The van der Waals surface area contributed by atoms with Gasteiger partial charge in [0.15, 0.2) is 0 Å². The van der Waals surface area contributed by atoms with E-state index in [2.05, 4.69) is 18.9 Å². The number of phenolic OH excluding ortho intramolecular Hbond substituents is 1. The summed E-state index contributed by atoms with van der Waals surface area (Å²) in [6, 6.07) is 7.15. The average Bonchev–Trinajstić information content (AvgIpc) is 2.54. The molecule has 0 aliphatic carbocycles. The second kappa shape index (κ2) is 4.00. The second-order valence-electron chi connectivity index (χ2n) is 3.93. The number of benzene rings is 1. The van der Waals surface area contributed by atoms with Gasteiger partial charge in [0.1, 0.15) is 5.75 Å². The zero-order chi connectivity index (χ0) is 11.7. The largest absolute Gasteiger partial charge is 0.508 e. The highest BCUT2D eigenvalue weighted by molar-refractivity contribution is 5.41. The summed E-state index contributed by atoms with van der Waals surface area (Å²) >= 11 is 0. The Morgan fingerprint density at radius 3 is 2.62 bits per heavy atom. The lowest BCUT2D eigenvalue weighted by molar-refractivity contribution is 0.474.